The number of ether oxygens (including phenoxy) is 1. The van der Waals surface area contributed by atoms with Crippen LogP contribution in [0, 0.1) is 11.8 Å². The predicted octanol–water partition coefficient (Wildman–Crippen LogP) is 1.04. The molecule has 2 atom stereocenters. The van der Waals surface area contributed by atoms with E-state index in [0.29, 0.717) is 18.4 Å². The van der Waals surface area contributed by atoms with Crippen molar-refractivity contribution in [2.75, 3.05) is 13.2 Å². The summed E-state index contributed by atoms with van der Waals surface area (Å²) in [6.45, 7) is 5.79. The summed E-state index contributed by atoms with van der Waals surface area (Å²) in [7, 11) is 0. The summed E-state index contributed by atoms with van der Waals surface area (Å²) in [6.07, 6.45) is 0.215. The van der Waals surface area contributed by atoms with Crippen LogP contribution in [0.15, 0.2) is 5.16 Å². The van der Waals surface area contributed by atoms with Gasteiger partial charge in [-0.15, -0.1) is 0 Å². The van der Waals surface area contributed by atoms with Crippen molar-refractivity contribution in [2.24, 2.45) is 17.0 Å². The molecule has 11 heavy (non-hydrogen) atoms. The minimum absolute atomic E-state index is 0.215. The van der Waals surface area contributed by atoms with E-state index in [1.807, 2.05) is 0 Å². The van der Waals surface area contributed by atoms with E-state index in [4.69, 9.17) is 9.57 Å². The predicted molar refractivity (Wildman–Crippen MR) is 41.5 cm³/mol. The van der Waals surface area contributed by atoms with Gasteiger partial charge in [-0.3, -0.25) is 0 Å². The van der Waals surface area contributed by atoms with Gasteiger partial charge >= 0.3 is 0 Å². The highest BCUT2D eigenvalue weighted by Gasteiger charge is 2.39. The molecule has 2 rings (SSSR count). The van der Waals surface area contributed by atoms with Crippen LogP contribution in [0.4, 0.5) is 0 Å². The molecular weight excluding hydrogens is 142 g/mol. The molecule has 2 aliphatic heterocycles. The zero-order valence-electron chi connectivity index (χ0n) is 6.91. The normalized spacial score (nSPS) is 35.4. The molecule has 2 aliphatic rings. The molecule has 0 aliphatic carbocycles. The number of fused-ring (bicyclic) bond motifs is 1. The topological polar surface area (TPSA) is 30.8 Å². The maximum atomic E-state index is 5.29. The molecule has 0 amide bonds. The maximum absolute atomic E-state index is 5.29. The van der Waals surface area contributed by atoms with Crippen LogP contribution >= 0.6 is 0 Å². The fourth-order valence-electron chi connectivity index (χ4n) is 1.64. The van der Waals surface area contributed by atoms with Gasteiger partial charge in [-0.05, 0) is 5.92 Å². The molecule has 0 radical (unpaired) electrons. The molecule has 0 spiro atoms. The summed E-state index contributed by atoms with van der Waals surface area (Å²) < 4.78 is 5.29. The van der Waals surface area contributed by atoms with Crippen LogP contribution in [-0.4, -0.2) is 25.0 Å². The van der Waals surface area contributed by atoms with Gasteiger partial charge in [-0.2, -0.15) is 0 Å². The van der Waals surface area contributed by atoms with Crippen molar-refractivity contribution in [2.45, 2.75) is 20.0 Å². The maximum Gasteiger partial charge on any atom is 0.161 e. The van der Waals surface area contributed by atoms with Gasteiger partial charge in [0, 0.05) is 0 Å². The van der Waals surface area contributed by atoms with E-state index in [1.165, 1.54) is 5.71 Å². The number of oxime groups is 1. The van der Waals surface area contributed by atoms with Crippen molar-refractivity contribution in [3.63, 3.8) is 0 Å². The molecule has 0 saturated carbocycles. The van der Waals surface area contributed by atoms with Crippen LogP contribution in [0.3, 0.4) is 0 Å². The zero-order valence-corrected chi connectivity index (χ0v) is 6.91. The minimum Gasteiger partial charge on any atom is -0.389 e. The zero-order chi connectivity index (χ0) is 7.84. The number of nitrogens with zero attached hydrogens (tertiary/aromatic N) is 1. The second-order valence-electron chi connectivity index (χ2n) is 3.46. The standard InChI is InChI=1S/C8H13NO2/c1-5(2)8-6-3-10-4-7(6)11-9-8/h5-7H,3-4H2,1-2H3. The van der Waals surface area contributed by atoms with E-state index in [1.54, 1.807) is 0 Å². The molecule has 2 heterocycles. The van der Waals surface area contributed by atoms with Crippen molar-refractivity contribution in [1.82, 2.24) is 0 Å². The highest BCUT2D eigenvalue weighted by molar-refractivity contribution is 5.89. The average molecular weight is 155 g/mol. The van der Waals surface area contributed by atoms with Gasteiger partial charge < -0.3 is 9.57 Å². The van der Waals surface area contributed by atoms with Gasteiger partial charge in [0.15, 0.2) is 6.10 Å². The van der Waals surface area contributed by atoms with E-state index in [2.05, 4.69) is 19.0 Å². The molecule has 2 unspecified atom stereocenters. The second kappa shape index (κ2) is 2.48. The lowest BCUT2D eigenvalue weighted by Crippen LogP contribution is -2.24. The van der Waals surface area contributed by atoms with Crippen molar-refractivity contribution in [1.29, 1.82) is 0 Å². The lowest BCUT2D eigenvalue weighted by atomic mass is 9.93. The molecule has 3 heteroatoms. The molecule has 0 aromatic heterocycles. The lowest BCUT2D eigenvalue weighted by molar-refractivity contribution is 0.0557. The van der Waals surface area contributed by atoms with Gasteiger partial charge in [-0.25, -0.2) is 0 Å². The number of rotatable bonds is 1. The van der Waals surface area contributed by atoms with Crippen LogP contribution in [-0.2, 0) is 9.57 Å². The highest BCUT2D eigenvalue weighted by Crippen LogP contribution is 2.27. The summed E-state index contributed by atoms with van der Waals surface area (Å²) in [5.74, 6) is 0.932. The van der Waals surface area contributed by atoms with Crippen molar-refractivity contribution in [3.8, 4) is 0 Å². The Balaban J connectivity index is 2.12. The summed E-state index contributed by atoms with van der Waals surface area (Å²) in [5, 5.41) is 4.06. The first-order chi connectivity index (χ1) is 5.29. The first kappa shape index (κ1) is 7.10. The third kappa shape index (κ3) is 1.03. The van der Waals surface area contributed by atoms with Gasteiger partial charge in [0.2, 0.25) is 0 Å². The Labute approximate surface area is 66.4 Å². The van der Waals surface area contributed by atoms with Crippen LogP contribution in [0.5, 0.6) is 0 Å². The highest BCUT2D eigenvalue weighted by atomic mass is 16.7. The molecule has 0 aromatic carbocycles. The van der Waals surface area contributed by atoms with Gasteiger partial charge in [0.25, 0.3) is 0 Å². The summed E-state index contributed by atoms with van der Waals surface area (Å²) in [5.41, 5.74) is 1.17. The van der Waals surface area contributed by atoms with E-state index < -0.39 is 0 Å². The smallest absolute Gasteiger partial charge is 0.161 e. The van der Waals surface area contributed by atoms with Crippen LogP contribution in [0.2, 0.25) is 0 Å². The Morgan fingerprint density at radius 1 is 1.45 bits per heavy atom. The van der Waals surface area contributed by atoms with Crippen molar-refractivity contribution < 1.29 is 9.57 Å². The summed E-state index contributed by atoms with van der Waals surface area (Å²) in [4.78, 5) is 5.21. The molecule has 3 nitrogen and oxygen atoms in total. The van der Waals surface area contributed by atoms with Gasteiger partial charge in [-0.1, -0.05) is 19.0 Å². The third-order valence-electron chi connectivity index (χ3n) is 2.29. The first-order valence-corrected chi connectivity index (χ1v) is 4.10. The first-order valence-electron chi connectivity index (χ1n) is 4.10. The lowest BCUT2D eigenvalue weighted by Gasteiger charge is -2.08. The number of hydrogen-bond donors (Lipinski definition) is 0. The van der Waals surface area contributed by atoms with Crippen molar-refractivity contribution >= 4 is 5.71 Å². The molecule has 0 N–H and O–H groups in total. The second-order valence-corrected chi connectivity index (χ2v) is 3.46. The van der Waals surface area contributed by atoms with E-state index in [0.717, 1.165) is 6.61 Å². The number of hydrogen-bond acceptors (Lipinski definition) is 3. The molecule has 62 valence electrons. The van der Waals surface area contributed by atoms with E-state index in [9.17, 15) is 0 Å². The van der Waals surface area contributed by atoms with Crippen molar-refractivity contribution in [3.05, 3.63) is 0 Å². The SMILES string of the molecule is CC(C)C1=NOC2COCC12. The third-order valence-corrected chi connectivity index (χ3v) is 2.29. The Kier molecular flexibility index (Phi) is 1.60. The van der Waals surface area contributed by atoms with Crippen LogP contribution in [0.1, 0.15) is 13.8 Å². The fraction of sp³-hybridized carbons (Fsp3) is 0.875. The Hall–Kier alpha value is -0.570. The van der Waals surface area contributed by atoms with E-state index >= 15 is 0 Å². The minimum atomic E-state index is 0.215. The fourth-order valence-corrected chi connectivity index (χ4v) is 1.64. The largest absolute Gasteiger partial charge is 0.389 e. The van der Waals surface area contributed by atoms with Gasteiger partial charge in [0.1, 0.15) is 0 Å². The average Bonchev–Trinajstić information content (AvgIpc) is 2.41. The molecule has 1 fully saturated rings. The van der Waals surface area contributed by atoms with Crippen LogP contribution < -0.4 is 0 Å². The molecule has 0 bridgehead atoms. The molecule has 0 aromatic rings. The molecular formula is C8H13NO2. The Morgan fingerprint density at radius 2 is 2.27 bits per heavy atom. The quantitative estimate of drug-likeness (QED) is 0.566. The summed E-state index contributed by atoms with van der Waals surface area (Å²) in [6, 6.07) is 0. The van der Waals surface area contributed by atoms with Crippen LogP contribution in [0.25, 0.3) is 0 Å². The van der Waals surface area contributed by atoms with Gasteiger partial charge in [0.05, 0.1) is 24.8 Å². The summed E-state index contributed by atoms with van der Waals surface area (Å²) >= 11 is 0. The monoisotopic (exact) mass is 155 g/mol. The Morgan fingerprint density at radius 3 is 3.00 bits per heavy atom. The Bertz CT molecular complexity index is 189. The molecule has 1 saturated heterocycles. The van der Waals surface area contributed by atoms with E-state index in [-0.39, 0.29) is 6.10 Å².